The first-order valence-electron chi connectivity index (χ1n) is 5.91. The van der Waals surface area contributed by atoms with Crippen LogP contribution in [0.1, 0.15) is 12.7 Å². The molecule has 1 heterocycles. The SMILES string of the molecule is CCS(=O)(=O)NCCc1nc2ccccc2n1C. The molecule has 1 aromatic carbocycles. The fourth-order valence-electron chi connectivity index (χ4n) is 1.84. The van der Waals surface area contributed by atoms with Gasteiger partial charge in [0.25, 0.3) is 0 Å². The molecule has 0 spiro atoms. The van der Waals surface area contributed by atoms with Crippen LogP contribution in [0.2, 0.25) is 0 Å². The van der Waals surface area contributed by atoms with Gasteiger partial charge in [-0.25, -0.2) is 18.1 Å². The minimum atomic E-state index is -3.12. The Morgan fingerprint density at radius 1 is 1.33 bits per heavy atom. The number of sulfonamides is 1. The maximum Gasteiger partial charge on any atom is 0.211 e. The third-order valence-electron chi connectivity index (χ3n) is 2.93. The summed E-state index contributed by atoms with van der Waals surface area (Å²) in [7, 11) is -1.18. The molecular formula is C12H17N3O2S. The van der Waals surface area contributed by atoms with Gasteiger partial charge < -0.3 is 4.57 Å². The van der Waals surface area contributed by atoms with E-state index < -0.39 is 10.0 Å². The Kier molecular flexibility index (Phi) is 3.68. The lowest BCUT2D eigenvalue weighted by Crippen LogP contribution is -2.27. The third kappa shape index (κ3) is 2.70. The van der Waals surface area contributed by atoms with Crippen molar-refractivity contribution < 1.29 is 8.42 Å². The molecule has 6 heteroatoms. The van der Waals surface area contributed by atoms with Crippen molar-refractivity contribution in [2.24, 2.45) is 7.05 Å². The van der Waals surface area contributed by atoms with Crippen LogP contribution in [0.25, 0.3) is 11.0 Å². The van der Waals surface area contributed by atoms with Crippen molar-refractivity contribution >= 4 is 21.1 Å². The highest BCUT2D eigenvalue weighted by molar-refractivity contribution is 7.89. The smallest absolute Gasteiger partial charge is 0.211 e. The number of hydrogen-bond donors (Lipinski definition) is 1. The molecule has 0 atom stereocenters. The van der Waals surface area contributed by atoms with Crippen molar-refractivity contribution in [3.63, 3.8) is 0 Å². The van der Waals surface area contributed by atoms with Gasteiger partial charge in [-0.3, -0.25) is 0 Å². The number of nitrogens with one attached hydrogen (secondary N) is 1. The fourth-order valence-corrected chi connectivity index (χ4v) is 2.46. The van der Waals surface area contributed by atoms with Gasteiger partial charge in [-0.2, -0.15) is 0 Å². The summed E-state index contributed by atoms with van der Waals surface area (Å²) in [5.74, 6) is 0.991. The normalized spacial score (nSPS) is 12.1. The van der Waals surface area contributed by atoms with Gasteiger partial charge in [0.05, 0.1) is 16.8 Å². The molecule has 0 saturated heterocycles. The summed E-state index contributed by atoms with van der Waals surface area (Å²) in [5, 5.41) is 0. The van der Waals surface area contributed by atoms with Gasteiger partial charge in [0.2, 0.25) is 10.0 Å². The topological polar surface area (TPSA) is 64.0 Å². The zero-order valence-corrected chi connectivity index (χ0v) is 11.4. The van der Waals surface area contributed by atoms with Gasteiger partial charge in [-0.15, -0.1) is 0 Å². The molecule has 1 N–H and O–H groups in total. The van der Waals surface area contributed by atoms with Gasteiger partial charge in [0.1, 0.15) is 5.82 Å². The summed E-state index contributed by atoms with van der Waals surface area (Å²) < 4.78 is 27.2. The molecule has 0 bridgehead atoms. The Morgan fingerprint density at radius 3 is 2.72 bits per heavy atom. The Labute approximate surface area is 107 Å². The molecule has 2 rings (SSSR count). The van der Waals surface area contributed by atoms with Crippen LogP contribution in [-0.4, -0.2) is 30.3 Å². The van der Waals surface area contributed by atoms with Gasteiger partial charge >= 0.3 is 0 Å². The highest BCUT2D eigenvalue weighted by atomic mass is 32.2. The Morgan fingerprint density at radius 2 is 2.06 bits per heavy atom. The van der Waals surface area contributed by atoms with E-state index in [1.165, 1.54) is 0 Å². The van der Waals surface area contributed by atoms with Crippen molar-refractivity contribution in [2.75, 3.05) is 12.3 Å². The lowest BCUT2D eigenvalue weighted by Gasteiger charge is -2.04. The van der Waals surface area contributed by atoms with E-state index in [0.717, 1.165) is 16.9 Å². The molecular weight excluding hydrogens is 250 g/mol. The molecule has 1 aromatic heterocycles. The van der Waals surface area contributed by atoms with Crippen molar-refractivity contribution in [1.29, 1.82) is 0 Å². The van der Waals surface area contributed by atoms with Crippen molar-refractivity contribution in [1.82, 2.24) is 14.3 Å². The van der Waals surface area contributed by atoms with Crippen LogP contribution in [-0.2, 0) is 23.5 Å². The molecule has 0 saturated carbocycles. The first-order chi connectivity index (χ1) is 8.53. The van der Waals surface area contributed by atoms with Crippen LogP contribution in [0, 0.1) is 0 Å². The summed E-state index contributed by atoms with van der Waals surface area (Å²) in [6.07, 6.45) is 0.588. The molecule has 0 aliphatic rings. The van der Waals surface area contributed by atoms with Gasteiger partial charge in [-0.05, 0) is 19.1 Å². The van der Waals surface area contributed by atoms with Crippen LogP contribution < -0.4 is 4.72 Å². The number of hydrogen-bond acceptors (Lipinski definition) is 3. The van der Waals surface area contributed by atoms with Crippen molar-refractivity contribution in [2.45, 2.75) is 13.3 Å². The van der Waals surface area contributed by atoms with Crippen molar-refractivity contribution in [3.8, 4) is 0 Å². The predicted molar refractivity (Wildman–Crippen MR) is 71.9 cm³/mol. The van der Waals surface area contributed by atoms with E-state index in [9.17, 15) is 8.42 Å². The average molecular weight is 267 g/mol. The summed E-state index contributed by atoms with van der Waals surface area (Å²) in [6.45, 7) is 2.00. The zero-order valence-electron chi connectivity index (χ0n) is 10.5. The quantitative estimate of drug-likeness (QED) is 0.881. The maximum atomic E-state index is 11.3. The van der Waals surface area contributed by atoms with Gasteiger partial charge in [0.15, 0.2) is 0 Å². The number of benzene rings is 1. The molecule has 98 valence electrons. The fraction of sp³-hybridized carbons (Fsp3) is 0.417. The molecule has 2 aromatic rings. The van der Waals surface area contributed by atoms with Crippen LogP contribution in [0.3, 0.4) is 0 Å². The molecule has 5 nitrogen and oxygen atoms in total. The van der Waals surface area contributed by atoms with Crippen LogP contribution in [0.5, 0.6) is 0 Å². The second-order valence-corrected chi connectivity index (χ2v) is 6.22. The van der Waals surface area contributed by atoms with E-state index in [2.05, 4.69) is 9.71 Å². The number of fused-ring (bicyclic) bond motifs is 1. The molecule has 0 aliphatic heterocycles. The van der Waals surface area contributed by atoms with E-state index >= 15 is 0 Å². The third-order valence-corrected chi connectivity index (χ3v) is 4.33. The second kappa shape index (κ2) is 5.07. The number of nitrogens with zero attached hydrogens (tertiary/aromatic N) is 2. The monoisotopic (exact) mass is 267 g/mol. The highest BCUT2D eigenvalue weighted by Gasteiger charge is 2.09. The average Bonchev–Trinajstić information content (AvgIpc) is 2.67. The minimum Gasteiger partial charge on any atom is -0.331 e. The predicted octanol–water partition coefficient (Wildman–Crippen LogP) is 1.06. The first kappa shape index (κ1) is 13.0. The lowest BCUT2D eigenvalue weighted by molar-refractivity contribution is 0.581. The summed E-state index contributed by atoms with van der Waals surface area (Å²) in [4.78, 5) is 4.49. The second-order valence-electron chi connectivity index (χ2n) is 4.12. The number of para-hydroxylation sites is 2. The van der Waals surface area contributed by atoms with E-state index in [1.54, 1.807) is 6.92 Å². The van der Waals surface area contributed by atoms with E-state index in [-0.39, 0.29) is 5.75 Å². The van der Waals surface area contributed by atoms with Crippen LogP contribution >= 0.6 is 0 Å². The Bertz CT molecular complexity index is 646. The number of imidazole rings is 1. The summed E-state index contributed by atoms with van der Waals surface area (Å²) >= 11 is 0. The largest absolute Gasteiger partial charge is 0.331 e. The zero-order chi connectivity index (χ0) is 13.2. The van der Waals surface area contributed by atoms with E-state index in [1.807, 2.05) is 35.9 Å². The van der Waals surface area contributed by atoms with E-state index in [0.29, 0.717) is 13.0 Å². The van der Waals surface area contributed by atoms with Crippen LogP contribution in [0.15, 0.2) is 24.3 Å². The van der Waals surface area contributed by atoms with Gasteiger partial charge in [0, 0.05) is 20.0 Å². The highest BCUT2D eigenvalue weighted by Crippen LogP contribution is 2.14. The molecule has 0 aliphatic carbocycles. The number of aryl methyl sites for hydroxylation is 1. The first-order valence-corrected chi connectivity index (χ1v) is 7.56. The molecule has 0 amide bonds. The molecule has 0 radical (unpaired) electrons. The summed E-state index contributed by atoms with van der Waals surface area (Å²) in [6, 6.07) is 7.86. The molecule has 18 heavy (non-hydrogen) atoms. The van der Waals surface area contributed by atoms with Crippen molar-refractivity contribution in [3.05, 3.63) is 30.1 Å². The lowest BCUT2D eigenvalue weighted by atomic mass is 10.3. The molecule has 0 fully saturated rings. The van der Waals surface area contributed by atoms with E-state index in [4.69, 9.17) is 0 Å². The molecule has 0 unspecified atom stereocenters. The summed E-state index contributed by atoms with van der Waals surface area (Å²) in [5.41, 5.74) is 2.00. The number of aromatic nitrogens is 2. The van der Waals surface area contributed by atoms with Crippen LogP contribution in [0.4, 0.5) is 0 Å². The number of rotatable bonds is 5. The van der Waals surface area contributed by atoms with Gasteiger partial charge in [-0.1, -0.05) is 12.1 Å². The Balaban J connectivity index is 2.11. The Hall–Kier alpha value is -1.40. The maximum absolute atomic E-state index is 11.3. The standard InChI is InChI=1S/C12H17N3O2S/c1-3-18(16,17)13-9-8-12-14-10-6-4-5-7-11(10)15(12)2/h4-7,13H,3,8-9H2,1-2H3. The minimum absolute atomic E-state index is 0.107.